The summed E-state index contributed by atoms with van der Waals surface area (Å²) in [6.45, 7) is 8.28. The number of likely N-dealkylation sites (tertiary alicyclic amines) is 1. The fourth-order valence-electron chi connectivity index (χ4n) is 8.09. The summed E-state index contributed by atoms with van der Waals surface area (Å²) in [6.07, 6.45) is 4.47. The Kier molecular flexibility index (Phi) is 12.5. The first-order chi connectivity index (χ1) is 30.2. The minimum atomic E-state index is -3.89. The number of furan rings is 1. The minimum absolute atomic E-state index is 0.0435. The van der Waals surface area contributed by atoms with E-state index in [1.54, 1.807) is 70.4 Å². The lowest BCUT2D eigenvalue weighted by molar-refractivity contribution is -0.144. The number of hydrogen-bond acceptors (Lipinski definition) is 13. The van der Waals surface area contributed by atoms with Crippen LogP contribution in [0.3, 0.4) is 0 Å². The van der Waals surface area contributed by atoms with E-state index in [0.717, 1.165) is 27.5 Å². The third-order valence-corrected chi connectivity index (χ3v) is 14.5. The molecule has 3 atom stereocenters. The highest BCUT2D eigenvalue weighted by atomic mass is 32.2. The predicted molar refractivity (Wildman–Crippen MR) is 235 cm³/mol. The fraction of sp³-hybridized carbons (Fsp3) is 0.386. The van der Waals surface area contributed by atoms with Crippen LogP contribution in [0.2, 0.25) is 0 Å². The van der Waals surface area contributed by atoms with Gasteiger partial charge in [-0.1, -0.05) is 57.2 Å². The summed E-state index contributed by atoms with van der Waals surface area (Å²) in [5.74, 6) is -0.499. The first-order valence-corrected chi connectivity index (χ1v) is 23.1. The summed E-state index contributed by atoms with van der Waals surface area (Å²) in [5, 5.41) is 28.1. The quantitative estimate of drug-likeness (QED) is 0.125. The zero-order valence-corrected chi connectivity index (χ0v) is 37.0. The number of aliphatic hydroxyl groups is 1. The Balaban J connectivity index is 0.867. The number of β-amino-alcohol motifs (C(OH)–C–C–N with tert-alkyl or cyclic N) is 1. The largest absolute Gasteiger partial charge is 0.467 e. The van der Waals surface area contributed by atoms with E-state index in [4.69, 9.17) is 4.42 Å². The van der Waals surface area contributed by atoms with Crippen molar-refractivity contribution in [2.24, 2.45) is 11.3 Å². The average molecular weight is 895 g/mol. The number of rotatable bonds is 13. The Hall–Kier alpha value is -6.02. The van der Waals surface area contributed by atoms with Gasteiger partial charge in [-0.15, -0.1) is 21.5 Å². The van der Waals surface area contributed by atoms with E-state index in [2.05, 4.69) is 36.1 Å². The summed E-state index contributed by atoms with van der Waals surface area (Å²) in [4.78, 5) is 53.0. The van der Waals surface area contributed by atoms with Crippen molar-refractivity contribution in [3.05, 3.63) is 102 Å². The summed E-state index contributed by atoms with van der Waals surface area (Å²) in [5.41, 5.74) is 5.84. The van der Waals surface area contributed by atoms with E-state index in [-0.39, 0.29) is 56.2 Å². The monoisotopic (exact) mass is 894 g/mol. The molecule has 2 aliphatic heterocycles. The van der Waals surface area contributed by atoms with Crippen LogP contribution >= 0.6 is 11.3 Å². The van der Waals surface area contributed by atoms with Gasteiger partial charge in [-0.25, -0.2) is 18.4 Å². The van der Waals surface area contributed by atoms with Gasteiger partial charge in [-0.05, 0) is 66.1 Å². The number of aryl methyl sites for hydroxylation is 1. The lowest BCUT2D eigenvalue weighted by atomic mass is 9.84. The first-order valence-electron chi connectivity index (χ1n) is 20.8. The topological polar surface area (TPSA) is 217 Å². The number of nitrogens with one attached hydrogen (secondary N) is 3. The second-order valence-electron chi connectivity index (χ2n) is 17.0. The highest BCUT2D eigenvalue weighted by Crippen LogP contribution is 2.31. The van der Waals surface area contributed by atoms with Gasteiger partial charge in [0.25, 0.3) is 0 Å². The van der Waals surface area contributed by atoms with Crippen LogP contribution in [0, 0.1) is 18.3 Å². The number of thiazole rings is 1. The molecule has 17 nitrogen and oxygen atoms in total. The molecule has 0 unspecified atom stereocenters. The molecule has 2 aliphatic rings. The molecule has 0 aliphatic carbocycles. The molecule has 0 radical (unpaired) electrons. The van der Waals surface area contributed by atoms with Gasteiger partial charge in [0, 0.05) is 50.3 Å². The summed E-state index contributed by atoms with van der Waals surface area (Å²) in [6, 6.07) is 16.1. The van der Waals surface area contributed by atoms with Gasteiger partial charge in [-0.2, -0.15) is 4.31 Å². The van der Waals surface area contributed by atoms with Gasteiger partial charge in [0.05, 0.1) is 39.9 Å². The maximum Gasteiger partial charge on any atom is 0.246 e. The Morgan fingerprint density at radius 1 is 0.968 bits per heavy atom. The maximum atomic E-state index is 14.2. The SMILES string of the molecule is Cc1ncsc1-c1ccc(CNC(=O)[C@@H]2C[C@@H](O)CN2C(=O)[C@@H](NC(=O)C2CCN(S(=O)(=O)c3ccc(-c4cnc(NCc5ccco5)n5cnnc45)cc3)CC2)C(C)(C)C)cc1. The Labute approximate surface area is 369 Å². The van der Waals surface area contributed by atoms with E-state index < -0.39 is 51.4 Å². The normalized spacial score (nSPS) is 18.1. The lowest BCUT2D eigenvalue weighted by Gasteiger charge is -2.37. The van der Waals surface area contributed by atoms with Gasteiger partial charge >= 0.3 is 0 Å². The van der Waals surface area contributed by atoms with Gasteiger partial charge < -0.3 is 30.4 Å². The van der Waals surface area contributed by atoms with Crippen molar-refractivity contribution in [2.75, 3.05) is 25.0 Å². The van der Waals surface area contributed by atoms with E-state index in [9.17, 15) is 27.9 Å². The number of carbonyl (C=O) groups is 3. The number of aliphatic hydroxyl groups excluding tert-OH is 1. The van der Waals surface area contributed by atoms with Crippen molar-refractivity contribution in [3.63, 3.8) is 0 Å². The molecule has 63 heavy (non-hydrogen) atoms. The van der Waals surface area contributed by atoms with Crippen molar-refractivity contribution in [3.8, 4) is 21.6 Å². The molecule has 3 amide bonds. The number of amides is 3. The number of nitrogens with zero attached hydrogens (tertiary/aromatic N) is 7. The highest BCUT2D eigenvalue weighted by molar-refractivity contribution is 7.89. The Morgan fingerprint density at radius 3 is 2.37 bits per heavy atom. The number of fused-ring (bicyclic) bond motifs is 1. The molecule has 0 saturated carbocycles. The van der Waals surface area contributed by atoms with Crippen molar-refractivity contribution in [1.29, 1.82) is 0 Å². The summed E-state index contributed by atoms with van der Waals surface area (Å²) < 4.78 is 36.1. The number of sulfonamides is 1. The third kappa shape index (κ3) is 9.36. The Bertz CT molecular complexity index is 2690. The number of anilines is 1. The molecule has 19 heteroatoms. The number of hydrogen-bond donors (Lipinski definition) is 4. The molecular weight excluding hydrogens is 845 g/mol. The van der Waals surface area contributed by atoms with Crippen LogP contribution in [0.15, 0.2) is 94.3 Å². The van der Waals surface area contributed by atoms with Crippen LogP contribution in [0.4, 0.5) is 5.95 Å². The number of piperidine rings is 1. The predicted octanol–water partition coefficient (Wildman–Crippen LogP) is 4.64. The Morgan fingerprint density at radius 2 is 1.70 bits per heavy atom. The van der Waals surface area contributed by atoms with Gasteiger partial charge in [-0.3, -0.25) is 18.8 Å². The molecule has 2 fully saturated rings. The number of benzene rings is 2. The second kappa shape index (κ2) is 18.0. The highest BCUT2D eigenvalue weighted by Gasteiger charge is 2.45. The standard InChI is InChI=1S/C44H50N10O7S2/c1-27-37(62-26-48-27)30-9-7-28(8-10-30)21-45-41(57)36-20-32(55)24-53(36)42(58)38(44(2,3)4)50-40(56)31-15-17-52(18-16-31)63(59,60)34-13-11-29(12-14-34)35-23-47-43(54-25-49-51-39(35)54)46-22-33-6-5-19-61-33/h5-14,19,23,25-26,31-32,36,38,55H,15-18,20-22,24H2,1-4H3,(H,45,57)(H,46,47)(H,50,56)/t32-,36+,38-/m1/s1. The molecule has 0 bridgehead atoms. The minimum Gasteiger partial charge on any atom is -0.467 e. The molecule has 4 N–H and O–H groups in total. The molecule has 2 saturated heterocycles. The fourth-order valence-corrected chi connectivity index (χ4v) is 10.4. The molecule has 2 aromatic carbocycles. The van der Waals surface area contributed by atoms with Crippen molar-refractivity contribution < 1.29 is 32.3 Å². The first kappa shape index (κ1) is 43.6. The van der Waals surface area contributed by atoms with Gasteiger partial charge in [0.2, 0.25) is 33.7 Å². The lowest BCUT2D eigenvalue weighted by Crippen LogP contribution is -2.58. The average Bonchev–Trinajstić information content (AvgIpc) is 4.12. The molecule has 4 aromatic heterocycles. The maximum absolute atomic E-state index is 14.2. The molecule has 330 valence electrons. The van der Waals surface area contributed by atoms with Crippen LogP contribution in [0.25, 0.3) is 27.2 Å². The molecular formula is C44H50N10O7S2. The zero-order chi connectivity index (χ0) is 44.5. The zero-order valence-electron chi connectivity index (χ0n) is 35.4. The van der Waals surface area contributed by atoms with Crippen LogP contribution in [0.1, 0.15) is 57.1 Å². The van der Waals surface area contributed by atoms with Crippen molar-refractivity contribution >= 4 is 50.7 Å². The molecule has 0 spiro atoms. The van der Waals surface area contributed by atoms with E-state index in [1.807, 2.05) is 58.0 Å². The third-order valence-electron chi connectivity index (χ3n) is 11.7. The van der Waals surface area contributed by atoms with E-state index >= 15 is 0 Å². The number of aromatic nitrogens is 5. The van der Waals surface area contributed by atoms with Crippen LogP contribution in [-0.2, 0) is 37.5 Å². The van der Waals surface area contributed by atoms with Crippen LogP contribution in [-0.4, -0.2) is 103 Å². The van der Waals surface area contributed by atoms with E-state index in [1.165, 1.54) is 9.21 Å². The van der Waals surface area contributed by atoms with Crippen LogP contribution in [0.5, 0.6) is 0 Å². The molecule has 6 heterocycles. The van der Waals surface area contributed by atoms with E-state index in [0.29, 0.717) is 29.3 Å². The molecule has 8 rings (SSSR count). The van der Waals surface area contributed by atoms with Gasteiger partial charge in [0.1, 0.15) is 24.2 Å². The second-order valence-corrected chi connectivity index (χ2v) is 19.8. The summed E-state index contributed by atoms with van der Waals surface area (Å²) in [7, 11) is -3.89. The summed E-state index contributed by atoms with van der Waals surface area (Å²) >= 11 is 1.56. The van der Waals surface area contributed by atoms with Gasteiger partial charge in [0.15, 0.2) is 5.65 Å². The smallest absolute Gasteiger partial charge is 0.246 e. The van der Waals surface area contributed by atoms with Crippen LogP contribution < -0.4 is 16.0 Å². The van der Waals surface area contributed by atoms with Crippen molar-refractivity contribution in [2.45, 2.75) is 83.1 Å². The molecule has 6 aromatic rings. The number of carbonyl (C=O) groups excluding carboxylic acids is 3. The van der Waals surface area contributed by atoms with Crippen molar-refractivity contribution in [1.82, 2.24) is 44.4 Å².